The Labute approximate surface area is 103 Å². The van der Waals surface area contributed by atoms with Crippen molar-refractivity contribution in [2.45, 2.75) is 39.3 Å². The number of rotatable bonds is 2. The Hall–Kier alpha value is -1.22. The largest absolute Gasteiger partial charge is 0.490 e. The van der Waals surface area contributed by atoms with Crippen LogP contribution in [0.25, 0.3) is 0 Å². The zero-order valence-corrected chi connectivity index (χ0v) is 10.9. The molecule has 1 aromatic carbocycles. The first kappa shape index (κ1) is 12.2. The topological polar surface area (TPSA) is 30.5 Å². The molecule has 0 atom stereocenters. The molecule has 0 bridgehead atoms. The molecule has 0 unspecified atom stereocenters. The fourth-order valence-corrected chi connectivity index (χ4v) is 1.68. The van der Waals surface area contributed by atoms with Crippen molar-refractivity contribution < 1.29 is 9.47 Å². The van der Waals surface area contributed by atoms with Crippen LogP contribution in [-0.2, 0) is 6.54 Å². The fourth-order valence-electron chi connectivity index (χ4n) is 1.68. The van der Waals surface area contributed by atoms with Crippen LogP contribution in [0.2, 0.25) is 0 Å². The second kappa shape index (κ2) is 4.96. The van der Waals surface area contributed by atoms with Crippen LogP contribution in [-0.4, -0.2) is 18.8 Å². The van der Waals surface area contributed by atoms with E-state index in [1.807, 2.05) is 6.07 Å². The summed E-state index contributed by atoms with van der Waals surface area (Å²) in [5.74, 6) is 1.73. The number of benzene rings is 1. The molecule has 1 aliphatic heterocycles. The lowest BCUT2D eigenvalue weighted by atomic mass is 10.1. The zero-order valence-electron chi connectivity index (χ0n) is 10.9. The second-order valence-corrected chi connectivity index (χ2v) is 5.44. The molecule has 3 heteroatoms. The Bertz CT molecular complexity index is 382. The molecule has 2 rings (SSSR count). The van der Waals surface area contributed by atoms with Gasteiger partial charge in [-0.3, -0.25) is 0 Å². The van der Waals surface area contributed by atoms with Gasteiger partial charge in [0.05, 0.1) is 13.2 Å². The van der Waals surface area contributed by atoms with Crippen LogP contribution in [0.3, 0.4) is 0 Å². The summed E-state index contributed by atoms with van der Waals surface area (Å²) >= 11 is 0. The first-order valence-electron chi connectivity index (χ1n) is 6.18. The van der Waals surface area contributed by atoms with Crippen LogP contribution < -0.4 is 14.8 Å². The molecule has 1 heterocycles. The van der Waals surface area contributed by atoms with E-state index in [2.05, 4.69) is 38.2 Å². The van der Waals surface area contributed by atoms with Gasteiger partial charge in [-0.25, -0.2) is 0 Å². The van der Waals surface area contributed by atoms with E-state index in [9.17, 15) is 0 Å². The van der Waals surface area contributed by atoms with E-state index in [0.717, 1.165) is 37.7 Å². The van der Waals surface area contributed by atoms with Gasteiger partial charge in [0.2, 0.25) is 0 Å². The van der Waals surface area contributed by atoms with Crippen molar-refractivity contribution in [1.82, 2.24) is 5.32 Å². The lowest BCUT2D eigenvalue weighted by Crippen LogP contribution is -2.35. The minimum atomic E-state index is 0.129. The van der Waals surface area contributed by atoms with Crippen molar-refractivity contribution in [3.63, 3.8) is 0 Å². The van der Waals surface area contributed by atoms with Gasteiger partial charge in [0, 0.05) is 18.5 Å². The van der Waals surface area contributed by atoms with E-state index in [0.29, 0.717) is 0 Å². The quantitative estimate of drug-likeness (QED) is 0.855. The van der Waals surface area contributed by atoms with Crippen LogP contribution in [0.4, 0.5) is 0 Å². The highest BCUT2D eigenvalue weighted by Crippen LogP contribution is 2.30. The summed E-state index contributed by atoms with van der Waals surface area (Å²) in [5.41, 5.74) is 1.36. The summed E-state index contributed by atoms with van der Waals surface area (Å²) in [6.07, 6.45) is 0.949. The normalized spacial score (nSPS) is 15.5. The molecule has 0 saturated heterocycles. The molecular weight excluding hydrogens is 214 g/mol. The Morgan fingerprint density at radius 3 is 2.53 bits per heavy atom. The molecule has 0 radical (unpaired) electrons. The van der Waals surface area contributed by atoms with Crippen molar-refractivity contribution in [2.75, 3.05) is 13.2 Å². The summed E-state index contributed by atoms with van der Waals surface area (Å²) < 4.78 is 11.3. The number of hydrogen-bond donors (Lipinski definition) is 1. The highest BCUT2D eigenvalue weighted by Gasteiger charge is 2.12. The highest BCUT2D eigenvalue weighted by atomic mass is 16.5. The SMILES string of the molecule is CC(C)(C)NCc1ccc2c(c1)OCCCO2. The predicted octanol–water partition coefficient (Wildman–Crippen LogP) is 2.74. The summed E-state index contributed by atoms with van der Waals surface area (Å²) in [5, 5.41) is 3.46. The van der Waals surface area contributed by atoms with Crippen LogP contribution in [0.5, 0.6) is 11.5 Å². The van der Waals surface area contributed by atoms with Crippen LogP contribution in [0.15, 0.2) is 18.2 Å². The third-order valence-electron chi connectivity index (χ3n) is 2.63. The lowest BCUT2D eigenvalue weighted by Gasteiger charge is -2.21. The Kier molecular flexibility index (Phi) is 3.57. The maximum Gasteiger partial charge on any atom is 0.161 e. The molecule has 1 N–H and O–H groups in total. The first-order valence-corrected chi connectivity index (χ1v) is 6.18. The average molecular weight is 235 g/mol. The maximum absolute atomic E-state index is 5.67. The number of nitrogens with one attached hydrogen (secondary N) is 1. The Morgan fingerprint density at radius 2 is 1.82 bits per heavy atom. The minimum Gasteiger partial charge on any atom is -0.490 e. The molecule has 0 aromatic heterocycles. The van der Waals surface area contributed by atoms with Gasteiger partial charge in [-0.2, -0.15) is 0 Å². The van der Waals surface area contributed by atoms with E-state index in [-0.39, 0.29) is 5.54 Å². The van der Waals surface area contributed by atoms with Gasteiger partial charge in [-0.1, -0.05) is 6.07 Å². The fraction of sp³-hybridized carbons (Fsp3) is 0.571. The zero-order chi connectivity index (χ0) is 12.3. The standard InChI is InChI=1S/C14H21NO2/c1-14(2,3)15-10-11-5-6-12-13(9-11)17-8-4-7-16-12/h5-6,9,15H,4,7-8,10H2,1-3H3. The number of fused-ring (bicyclic) bond motifs is 1. The molecule has 1 aromatic rings. The minimum absolute atomic E-state index is 0.129. The predicted molar refractivity (Wildman–Crippen MR) is 68.6 cm³/mol. The van der Waals surface area contributed by atoms with Crippen LogP contribution >= 0.6 is 0 Å². The molecule has 1 aliphatic rings. The first-order chi connectivity index (χ1) is 8.04. The number of ether oxygens (including phenoxy) is 2. The van der Waals surface area contributed by atoms with Gasteiger partial charge in [-0.15, -0.1) is 0 Å². The summed E-state index contributed by atoms with van der Waals surface area (Å²) in [6, 6.07) is 6.16. The monoisotopic (exact) mass is 235 g/mol. The summed E-state index contributed by atoms with van der Waals surface area (Å²) in [6.45, 7) is 8.82. The Balaban J connectivity index is 2.07. The number of hydrogen-bond acceptors (Lipinski definition) is 3. The van der Waals surface area contributed by atoms with Crippen LogP contribution in [0, 0.1) is 0 Å². The third-order valence-corrected chi connectivity index (χ3v) is 2.63. The van der Waals surface area contributed by atoms with Crippen LogP contribution in [0.1, 0.15) is 32.8 Å². The van der Waals surface area contributed by atoms with Gasteiger partial charge in [0.25, 0.3) is 0 Å². The van der Waals surface area contributed by atoms with Gasteiger partial charge in [0.1, 0.15) is 0 Å². The molecule has 0 fully saturated rings. The maximum atomic E-state index is 5.67. The molecule has 0 saturated carbocycles. The molecule has 0 spiro atoms. The highest BCUT2D eigenvalue weighted by molar-refractivity contribution is 5.43. The van der Waals surface area contributed by atoms with Crippen molar-refractivity contribution in [3.05, 3.63) is 23.8 Å². The van der Waals surface area contributed by atoms with Gasteiger partial charge < -0.3 is 14.8 Å². The van der Waals surface area contributed by atoms with E-state index in [1.54, 1.807) is 0 Å². The van der Waals surface area contributed by atoms with Gasteiger partial charge >= 0.3 is 0 Å². The van der Waals surface area contributed by atoms with E-state index < -0.39 is 0 Å². The molecule has 17 heavy (non-hydrogen) atoms. The lowest BCUT2D eigenvalue weighted by molar-refractivity contribution is 0.297. The molecular formula is C14H21NO2. The van der Waals surface area contributed by atoms with E-state index >= 15 is 0 Å². The van der Waals surface area contributed by atoms with Gasteiger partial charge in [-0.05, 0) is 38.5 Å². The Morgan fingerprint density at radius 1 is 1.12 bits per heavy atom. The second-order valence-electron chi connectivity index (χ2n) is 5.44. The van der Waals surface area contributed by atoms with Crippen molar-refractivity contribution >= 4 is 0 Å². The summed E-state index contributed by atoms with van der Waals surface area (Å²) in [4.78, 5) is 0. The summed E-state index contributed by atoms with van der Waals surface area (Å²) in [7, 11) is 0. The molecule has 0 aliphatic carbocycles. The van der Waals surface area contributed by atoms with Crippen molar-refractivity contribution in [1.29, 1.82) is 0 Å². The van der Waals surface area contributed by atoms with Crippen molar-refractivity contribution in [3.8, 4) is 11.5 Å². The average Bonchev–Trinajstić information content (AvgIpc) is 2.49. The molecule has 0 amide bonds. The van der Waals surface area contributed by atoms with Crippen molar-refractivity contribution in [2.24, 2.45) is 0 Å². The molecule has 3 nitrogen and oxygen atoms in total. The van der Waals surface area contributed by atoms with E-state index in [4.69, 9.17) is 9.47 Å². The van der Waals surface area contributed by atoms with Gasteiger partial charge in [0.15, 0.2) is 11.5 Å². The molecule has 94 valence electrons. The van der Waals surface area contributed by atoms with E-state index in [1.165, 1.54) is 5.56 Å². The third kappa shape index (κ3) is 3.63. The smallest absolute Gasteiger partial charge is 0.161 e.